The molecule has 2 aliphatic rings. The van der Waals surface area contributed by atoms with Crippen LogP contribution in [0.4, 0.5) is 23.0 Å². The summed E-state index contributed by atoms with van der Waals surface area (Å²) < 4.78 is 8.21. The maximum absolute atomic E-state index is 6.46. The summed E-state index contributed by atoms with van der Waals surface area (Å²) in [4.78, 5) is 13.8. The van der Waals surface area contributed by atoms with Crippen molar-refractivity contribution in [1.82, 2.24) is 19.4 Å². The highest BCUT2D eigenvalue weighted by molar-refractivity contribution is 5.98. The maximum Gasteiger partial charge on any atom is 0.227 e. The van der Waals surface area contributed by atoms with E-state index in [2.05, 4.69) is 63.0 Å². The van der Waals surface area contributed by atoms with Crippen LogP contribution in [0.1, 0.15) is 18.0 Å². The molecule has 0 saturated heterocycles. The van der Waals surface area contributed by atoms with Crippen molar-refractivity contribution in [2.24, 2.45) is 5.92 Å². The van der Waals surface area contributed by atoms with Crippen LogP contribution >= 0.6 is 0 Å². The van der Waals surface area contributed by atoms with Crippen LogP contribution in [0.3, 0.4) is 0 Å². The van der Waals surface area contributed by atoms with Gasteiger partial charge in [0.15, 0.2) is 0 Å². The zero-order chi connectivity index (χ0) is 25.0. The van der Waals surface area contributed by atoms with Gasteiger partial charge in [0, 0.05) is 67.0 Å². The van der Waals surface area contributed by atoms with Gasteiger partial charge in [-0.2, -0.15) is 0 Å². The molecule has 2 aromatic heterocycles. The molecular weight excluding hydrogens is 450 g/mol. The summed E-state index contributed by atoms with van der Waals surface area (Å²) in [5, 5.41) is 4.62. The van der Waals surface area contributed by atoms with E-state index in [1.54, 1.807) is 7.11 Å². The van der Waals surface area contributed by atoms with Crippen molar-refractivity contribution < 1.29 is 4.74 Å². The monoisotopic (exact) mass is 483 g/mol. The number of ether oxygens (including phenoxy) is 1. The van der Waals surface area contributed by atoms with Crippen LogP contribution in [0.25, 0.3) is 22.2 Å². The second-order valence-electron chi connectivity index (χ2n) is 10.2. The van der Waals surface area contributed by atoms with Gasteiger partial charge in [-0.25, -0.2) is 9.97 Å². The molecule has 0 amide bonds. The summed E-state index contributed by atoms with van der Waals surface area (Å²) in [6.07, 6.45) is 3.10. The minimum absolute atomic E-state index is 0.522. The van der Waals surface area contributed by atoms with Crippen molar-refractivity contribution in [3.63, 3.8) is 0 Å². The van der Waals surface area contributed by atoms with Gasteiger partial charge in [0.25, 0.3) is 0 Å². The summed E-state index contributed by atoms with van der Waals surface area (Å²) in [6.45, 7) is 2.90. The van der Waals surface area contributed by atoms with E-state index in [0.717, 1.165) is 42.6 Å². The Morgan fingerprint density at radius 3 is 2.78 bits per heavy atom. The van der Waals surface area contributed by atoms with Crippen LogP contribution in [-0.2, 0) is 6.54 Å². The minimum atomic E-state index is 0.522. The lowest BCUT2D eigenvalue weighted by Crippen LogP contribution is -2.29. The first-order chi connectivity index (χ1) is 17.4. The fraction of sp³-hybridized carbons (Fsp3) is 0.357. The second kappa shape index (κ2) is 8.71. The van der Waals surface area contributed by atoms with Gasteiger partial charge < -0.3 is 30.2 Å². The predicted octanol–water partition coefficient (Wildman–Crippen LogP) is 4.55. The predicted molar refractivity (Wildman–Crippen MR) is 146 cm³/mol. The van der Waals surface area contributed by atoms with Crippen LogP contribution in [0.2, 0.25) is 0 Å². The Bertz CT molecular complexity index is 1440. The van der Waals surface area contributed by atoms with Crippen LogP contribution in [0, 0.1) is 5.92 Å². The number of likely N-dealkylation sites (N-methyl/N-ethyl adjacent to an activating group) is 2. The smallest absolute Gasteiger partial charge is 0.227 e. The lowest BCUT2D eigenvalue weighted by molar-refractivity contribution is 0.413. The molecule has 1 saturated carbocycles. The number of nitrogen functional groups attached to an aromatic ring is 1. The molecule has 0 bridgehead atoms. The molecule has 2 unspecified atom stereocenters. The van der Waals surface area contributed by atoms with Crippen LogP contribution in [0.15, 0.2) is 48.7 Å². The molecule has 2 aromatic carbocycles. The molecule has 1 aliphatic carbocycles. The van der Waals surface area contributed by atoms with Gasteiger partial charge >= 0.3 is 0 Å². The van der Waals surface area contributed by atoms with Crippen molar-refractivity contribution in [1.29, 1.82) is 0 Å². The molecule has 6 rings (SSSR count). The second-order valence-corrected chi connectivity index (χ2v) is 10.2. The van der Waals surface area contributed by atoms with Gasteiger partial charge in [-0.3, -0.25) is 0 Å². The number of rotatable bonds is 8. The quantitative estimate of drug-likeness (QED) is 0.356. The Balaban J connectivity index is 1.33. The fourth-order valence-electron chi connectivity index (χ4n) is 5.53. The van der Waals surface area contributed by atoms with Crippen LogP contribution in [0.5, 0.6) is 5.75 Å². The number of nitrogens with zero attached hydrogens (tertiary/aromatic N) is 5. The molecule has 8 heteroatoms. The summed E-state index contributed by atoms with van der Waals surface area (Å²) in [7, 11) is 7.83. The summed E-state index contributed by atoms with van der Waals surface area (Å²) in [5.41, 5.74) is 13.7. The zero-order valence-corrected chi connectivity index (χ0v) is 21.3. The molecule has 3 N–H and O–H groups in total. The average Bonchev–Trinajstić information content (AvgIpc) is 3.42. The number of anilines is 4. The molecule has 0 radical (unpaired) electrons. The van der Waals surface area contributed by atoms with Crippen LogP contribution in [-0.4, -0.2) is 60.8 Å². The Hall–Kier alpha value is -3.78. The number of aromatic nitrogens is 3. The number of para-hydroxylation sites is 1. The fourth-order valence-corrected chi connectivity index (χ4v) is 5.53. The topological polar surface area (TPSA) is 84.5 Å². The Morgan fingerprint density at radius 1 is 1.14 bits per heavy atom. The van der Waals surface area contributed by atoms with Crippen molar-refractivity contribution >= 4 is 33.9 Å². The van der Waals surface area contributed by atoms with E-state index in [-0.39, 0.29) is 0 Å². The third-order valence-electron chi connectivity index (χ3n) is 7.50. The molecule has 8 nitrogen and oxygen atoms in total. The maximum atomic E-state index is 6.46. The van der Waals surface area contributed by atoms with Crippen molar-refractivity contribution in [2.75, 3.05) is 57.3 Å². The largest absolute Gasteiger partial charge is 0.494 e. The third kappa shape index (κ3) is 3.82. The number of fused-ring (bicyclic) bond motifs is 5. The number of hydrogen-bond donors (Lipinski definition) is 2. The van der Waals surface area contributed by atoms with Gasteiger partial charge in [-0.15, -0.1) is 0 Å². The highest BCUT2D eigenvalue weighted by Crippen LogP contribution is 2.58. The third-order valence-corrected chi connectivity index (χ3v) is 7.50. The SMILES string of the molecule is COc1cc(N(C)CCN(C)C)c(N)cc1Nc1nccc(-c2c3n(c4ccccc24)CC2CC32)n1. The van der Waals surface area contributed by atoms with E-state index in [4.69, 9.17) is 15.5 Å². The summed E-state index contributed by atoms with van der Waals surface area (Å²) in [5.74, 6) is 2.65. The number of benzene rings is 2. The lowest BCUT2D eigenvalue weighted by Gasteiger charge is -2.24. The van der Waals surface area contributed by atoms with Gasteiger partial charge in [0.2, 0.25) is 5.95 Å². The molecule has 0 spiro atoms. The van der Waals surface area contributed by atoms with Crippen molar-refractivity contribution in [3.05, 3.63) is 54.4 Å². The average molecular weight is 484 g/mol. The Morgan fingerprint density at radius 2 is 1.97 bits per heavy atom. The Kier molecular flexibility index (Phi) is 5.48. The molecule has 186 valence electrons. The highest BCUT2D eigenvalue weighted by Gasteiger charge is 2.48. The van der Waals surface area contributed by atoms with E-state index >= 15 is 0 Å². The minimum Gasteiger partial charge on any atom is -0.494 e. The van der Waals surface area contributed by atoms with Gasteiger partial charge in [0.05, 0.1) is 29.9 Å². The molecule has 2 atom stereocenters. The van der Waals surface area contributed by atoms with Gasteiger partial charge in [-0.05, 0) is 44.6 Å². The van der Waals surface area contributed by atoms with Crippen molar-refractivity contribution in [3.8, 4) is 17.0 Å². The van der Waals surface area contributed by atoms with Gasteiger partial charge in [0.1, 0.15) is 5.75 Å². The first kappa shape index (κ1) is 22.7. The highest BCUT2D eigenvalue weighted by atomic mass is 16.5. The van der Waals surface area contributed by atoms with E-state index in [1.807, 2.05) is 31.4 Å². The molecular formula is C28H33N7O. The first-order valence-corrected chi connectivity index (χ1v) is 12.5. The standard InChI is InChI=1S/C28H33N7O/c1-33(2)11-12-34(3)24-15-25(36-4)22(14-20(24)29)32-28-30-10-9-21(31-28)26-18-7-5-6-8-23(18)35-16-17-13-19(17)27(26)35/h5-10,14-15,17,19H,11-13,16,29H2,1-4H3,(H,30,31,32). The number of nitrogens with two attached hydrogens (primary N) is 1. The molecule has 3 heterocycles. The van der Waals surface area contributed by atoms with E-state index < -0.39 is 0 Å². The first-order valence-electron chi connectivity index (χ1n) is 12.5. The molecule has 1 fully saturated rings. The molecule has 4 aromatic rings. The van der Waals surface area contributed by atoms with Gasteiger partial charge in [-0.1, -0.05) is 18.2 Å². The number of methoxy groups -OCH3 is 1. The zero-order valence-electron chi connectivity index (χ0n) is 21.3. The van der Waals surface area contributed by atoms with E-state index in [0.29, 0.717) is 23.3 Å². The summed E-state index contributed by atoms with van der Waals surface area (Å²) in [6, 6.07) is 14.5. The number of nitrogens with one attached hydrogen (secondary N) is 1. The van der Waals surface area contributed by atoms with Crippen LogP contribution < -0.4 is 20.7 Å². The van der Waals surface area contributed by atoms with E-state index in [9.17, 15) is 0 Å². The summed E-state index contributed by atoms with van der Waals surface area (Å²) >= 11 is 0. The van der Waals surface area contributed by atoms with Crippen molar-refractivity contribution in [2.45, 2.75) is 18.9 Å². The normalized spacial score (nSPS) is 17.8. The molecule has 1 aliphatic heterocycles. The number of hydrogen-bond acceptors (Lipinski definition) is 7. The lowest BCUT2D eigenvalue weighted by atomic mass is 10.0. The van der Waals surface area contributed by atoms with E-state index in [1.165, 1.54) is 28.6 Å². The Labute approximate surface area is 211 Å². The molecule has 36 heavy (non-hydrogen) atoms.